The van der Waals surface area contributed by atoms with E-state index < -0.39 is 0 Å². The van der Waals surface area contributed by atoms with E-state index in [0.717, 1.165) is 12.1 Å². The van der Waals surface area contributed by atoms with E-state index in [-0.39, 0.29) is 11.9 Å². The largest absolute Gasteiger partial charge is 0.342 e. The van der Waals surface area contributed by atoms with Crippen molar-refractivity contribution in [2.45, 2.75) is 40.2 Å². The SMILES string of the molecule is Cc1cc(C(=O)N[C@H](CC(C)C)c2nnc3ccccn23)c2c(C)noc2n1. The number of carbonyl (C=O) groups is 1. The Balaban J connectivity index is 1.74. The predicted molar refractivity (Wildman–Crippen MR) is 104 cm³/mol. The molecule has 8 heteroatoms. The lowest BCUT2D eigenvalue weighted by Gasteiger charge is -2.19. The zero-order chi connectivity index (χ0) is 19.8. The van der Waals surface area contributed by atoms with E-state index in [9.17, 15) is 4.79 Å². The standard InChI is InChI=1S/C20H22N6O2/c1-11(2)9-15(18-24-23-16-7-5-6-8-26(16)18)22-19(27)14-10-12(3)21-20-17(14)13(4)25-28-20/h5-8,10-11,15H,9H2,1-4H3,(H,22,27)/t15-/m1/s1. The van der Waals surface area contributed by atoms with Crippen LogP contribution in [0.4, 0.5) is 0 Å². The fourth-order valence-corrected chi connectivity index (χ4v) is 3.43. The van der Waals surface area contributed by atoms with Gasteiger partial charge in [-0.3, -0.25) is 9.20 Å². The number of hydrogen-bond donors (Lipinski definition) is 1. The first-order valence-corrected chi connectivity index (χ1v) is 9.28. The van der Waals surface area contributed by atoms with Gasteiger partial charge in [-0.05, 0) is 44.4 Å². The summed E-state index contributed by atoms with van der Waals surface area (Å²) in [6.07, 6.45) is 2.64. The highest BCUT2D eigenvalue weighted by molar-refractivity contribution is 6.06. The van der Waals surface area contributed by atoms with E-state index in [2.05, 4.69) is 39.5 Å². The maximum atomic E-state index is 13.2. The molecule has 1 amide bonds. The second kappa shape index (κ2) is 7.03. The number of hydrogen-bond acceptors (Lipinski definition) is 6. The molecule has 0 aliphatic heterocycles. The fraction of sp³-hybridized carbons (Fsp3) is 0.350. The number of aryl methyl sites for hydroxylation is 2. The van der Waals surface area contributed by atoms with Crippen LogP contribution in [0.15, 0.2) is 35.0 Å². The Labute approximate surface area is 162 Å². The summed E-state index contributed by atoms with van der Waals surface area (Å²) in [5.41, 5.74) is 2.96. The molecule has 0 spiro atoms. The summed E-state index contributed by atoms with van der Waals surface area (Å²) < 4.78 is 7.16. The molecule has 0 radical (unpaired) electrons. The van der Waals surface area contributed by atoms with Gasteiger partial charge in [0.25, 0.3) is 11.6 Å². The summed E-state index contributed by atoms with van der Waals surface area (Å²) in [4.78, 5) is 17.5. The molecule has 4 rings (SSSR count). The Bertz CT molecular complexity index is 1160. The number of rotatable bonds is 5. The van der Waals surface area contributed by atoms with Crippen LogP contribution in [0.3, 0.4) is 0 Å². The van der Waals surface area contributed by atoms with Gasteiger partial charge in [-0.2, -0.15) is 0 Å². The summed E-state index contributed by atoms with van der Waals surface area (Å²) in [5, 5.41) is 16.3. The van der Waals surface area contributed by atoms with Crippen LogP contribution in [0, 0.1) is 19.8 Å². The van der Waals surface area contributed by atoms with Gasteiger partial charge in [-0.25, -0.2) is 4.98 Å². The lowest BCUT2D eigenvalue weighted by Crippen LogP contribution is -2.31. The molecule has 1 N–H and O–H groups in total. The van der Waals surface area contributed by atoms with E-state index in [1.807, 2.05) is 35.7 Å². The van der Waals surface area contributed by atoms with Gasteiger partial charge in [-0.1, -0.05) is 25.1 Å². The van der Waals surface area contributed by atoms with E-state index in [1.165, 1.54) is 0 Å². The van der Waals surface area contributed by atoms with Crippen LogP contribution in [0.5, 0.6) is 0 Å². The van der Waals surface area contributed by atoms with Crippen molar-refractivity contribution in [3.63, 3.8) is 0 Å². The van der Waals surface area contributed by atoms with Gasteiger partial charge in [0.05, 0.1) is 22.7 Å². The molecule has 144 valence electrons. The molecule has 4 heterocycles. The maximum Gasteiger partial charge on any atom is 0.258 e. The van der Waals surface area contributed by atoms with Crippen molar-refractivity contribution in [1.82, 2.24) is 30.1 Å². The predicted octanol–water partition coefficient (Wildman–Crippen LogP) is 3.40. The molecule has 0 aliphatic rings. The number of amides is 1. The first-order chi connectivity index (χ1) is 13.4. The van der Waals surface area contributed by atoms with E-state index in [4.69, 9.17) is 4.52 Å². The van der Waals surface area contributed by atoms with Crippen LogP contribution in [-0.2, 0) is 0 Å². The third-order valence-corrected chi connectivity index (χ3v) is 4.65. The normalized spacial score (nSPS) is 12.8. The molecule has 0 aliphatic carbocycles. The van der Waals surface area contributed by atoms with E-state index in [0.29, 0.717) is 39.8 Å². The summed E-state index contributed by atoms with van der Waals surface area (Å²) in [7, 11) is 0. The van der Waals surface area contributed by atoms with Crippen molar-refractivity contribution in [2.75, 3.05) is 0 Å². The molecule has 4 aromatic rings. The molecule has 0 saturated heterocycles. The molecule has 1 atom stereocenters. The summed E-state index contributed by atoms with van der Waals surface area (Å²) in [5.74, 6) is 0.861. The van der Waals surface area contributed by atoms with Crippen molar-refractivity contribution in [3.05, 3.63) is 53.2 Å². The van der Waals surface area contributed by atoms with Crippen molar-refractivity contribution in [2.24, 2.45) is 5.92 Å². The Morgan fingerprint density at radius 3 is 2.86 bits per heavy atom. The first kappa shape index (κ1) is 18.1. The van der Waals surface area contributed by atoms with Crippen LogP contribution in [-0.4, -0.2) is 30.6 Å². The number of pyridine rings is 2. The molecular weight excluding hydrogens is 356 g/mol. The van der Waals surface area contributed by atoms with Gasteiger partial charge in [0.1, 0.15) is 0 Å². The second-order valence-electron chi connectivity index (χ2n) is 7.40. The van der Waals surface area contributed by atoms with Crippen LogP contribution in [0.25, 0.3) is 16.7 Å². The number of nitrogens with one attached hydrogen (secondary N) is 1. The van der Waals surface area contributed by atoms with Crippen molar-refractivity contribution in [1.29, 1.82) is 0 Å². The third kappa shape index (κ3) is 3.21. The molecule has 28 heavy (non-hydrogen) atoms. The molecule has 0 bridgehead atoms. The minimum absolute atomic E-state index is 0.208. The zero-order valence-electron chi connectivity index (χ0n) is 16.3. The first-order valence-electron chi connectivity index (χ1n) is 9.28. The van der Waals surface area contributed by atoms with E-state index in [1.54, 1.807) is 13.0 Å². The minimum Gasteiger partial charge on any atom is -0.342 e. The summed E-state index contributed by atoms with van der Waals surface area (Å²) >= 11 is 0. The number of nitrogens with zero attached hydrogens (tertiary/aromatic N) is 5. The van der Waals surface area contributed by atoms with Gasteiger partial charge in [0, 0.05) is 11.9 Å². The lowest BCUT2D eigenvalue weighted by atomic mass is 10.0. The van der Waals surface area contributed by atoms with Gasteiger partial charge < -0.3 is 9.84 Å². The van der Waals surface area contributed by atoms with Gasteiger partial charge in [0.15, 0.2) is 11.5 Å². The zero-order valence-corrected chi connectivity index (χ0v) is 16.3. The Morgan fingerprint density at radius 2 is 2.07 bits per heavy atom. The van der Waals surface area contributed by atoms with Crippen LogP contribution in [0.1, 0.15) is 53.9 Å². The number of fused-ring (bicyclic) bond motifs is 2. The van der Waals surface area contributed by atoms with Gasteiger partial charge in [-0.15, -0.1) is 10.2 Å². The fourth-order valence-electron chi connectivity index (χ4n) is 3.43. The molecule has 0 aromatic carbocycles. The van der Waals surface area contributed by atoms with Crippen molar-refractivity contribution >= 4 is 22.7 Å². The van der Waals surface area contributed by atoms with Gasteiger partial charge in [0.2, 0.25) is 0 Å². The Kier molecular flexibility index (Phi) is 4.54. The quantitative estimate of drug-likeness (QED) is 0.571. The van der Waals surface area contributed by atoms with Crippen molar-refractivity contribution in [3.8, 4) is 0 Å². The maximum absolute atomic E-state index is 13.2. The van der Waals surface area contributed by atoms with E-state index >= 15 is 0 Å². The van der Waals surface area contributed by atoms with Crippen LogP contribution < -0.4 is 5.32 Å². The lowest BCUT2D eigenvalue weighted by molar-refractivity contribution is 0.0931. The highest BCUT2D eigenvalue weighted by Crippen LogP contribution is 2.25. The average Bonchev–Trinajstić information content (AvgIpc) is 3.24. The molecule has 0 saturated carbocycles. The van der Waals surface area contributed by atoms with Crippen LogP contribution in [0.2, 0.25) is 0 Å². The molecule has 4 aromatic heterocycles. The highest BCUT2D eigenvalue weighted by atomic mass is 16.5. The Morgan fingerprint density at radius 1 is 1.25 bits per heavy atom. The number of aromatic nitrogens is 5. The molecule has 0 fully saturated rings. The minimum atomic E-state index is -0.284. The average molecular weight is 378 g/mol. The Hall–Kier alpha value is -3.29. The molecule has 0 unspecified atom stereocenters. The summed E-state index contributed by atoms with van der Waals surface area (Å²) in [6.45, 7) is 7.85. The molecular formula is C20H22N6O2. The number of carbonyl (C=O) groups excluding carboxylic acids is 1. The highest BCUT2D eigenvalue weighted by Gasteiger charge is 2.24. The van der Waals surface area contributed by atoms with Crippen molar-refractivity contribution < 1.29 is 9.32 Å². The second-order valence-corrected chi connectivity index (χ2v) is 7.40. The summed E-state index contributed by atoms with van der Waals surface area (Å²) in [6, 6.07) is 7.20. The smallest absolute Gasteiger partial charge is 0.258 e. The topological polar surface area (TPSA) is 98.2 Å². The van der Waals surface area contributed by atoms with Crippen LogP contribution >= 0.6 is 0 Å². The van der Waals surface area contributed by atoms with Gasteiger partial charge >= 0.3 is 0 Å². The third-order valence-electron chi connectivity index (χ3n) is 4.65. The monoisotopic (exact) mass is 378 g/mol. The molecule has 8 nitrogen and oxygen atoms in total.